The number of ether oxygens (including phenoxy) is 3. The molecule has 0 aromatic carbocycles. The number of halogens is 1. The Hall–Kier alpha value is -1.33. The van der Waals surface area contributed by atoms with E-state index in [1.54, 1.807) is 0 Å². The first-order valence-electron chi connectivity index (χ1n) is 9.11. The Labute approximate surface area is 171 Å². The maximum Gasteiger partial charge on any atom is 0.417 e. The first-order valence-corrected chi connectivity index (χ1v) is 9.90. The van der Waals surface area contributed by atoms with Gasteiger partial charge in [0, 0.05) is 20.1 Å². The molecule has 2 aliphatic heterocycles. The van der Waals surface area contributed by atoms with E-state index < -0.39 is 41.8 Å². The van der Waals surface area contributed by atoms with Crippen LogP contribution in [0.25, 0.3) is 0 Å². The Balaban J connectivity index is 2.26. The van der Waals surface area contributed by atoms with Gasteiger partial charge in [0.15, 0.2) is 23.8 Å². The maximum atomic E-state index is 13.0. The molecular formula is C18H26BrNO8. The smallest absolute Gasteiger partial charge is 0.417 e. The third-order valence-corrected chi connectivity index (χ3v) is 5.70. The second-order valence-corrected chi connectivity index (χ2v) is 8.01. The summed E-state index contributed by atoms with van der Waals surface area (Å²) in [7, 11) is 1.23. The highest BCUT2D eigenvalue weighted by Crippen LogP contribution is 2.36. The number of rotatable bonds is 8. The lowest BCUT2D eigenvalue weighted by molar-refractivity contribution is -0.227. The molecule has 2 amide bonds. The predicted molar refractivity (Wildman–Crippen MR) is 100 cm³/mol. The molecule has 0 bridgehead atoms. The van der Waals surface area contributed by atoms with E-state index in [0.717, 1.165) is 11.0 Å². The van der Waals surface area contributed by atoms with E-state index >= 15 is 0 Å². The monoisotopic (exact) mass is 463 g/mol. The topological polar surface area (TPSA) is 123 Å². The summed E-state index contributed by atoms with van der Waals surface area (Å²) in [5.74, 6) is -3.23. The predicted octanol–water partition coefficient (Wildman–Crippen LogP) is 1.10. The van der Waals surface area contributed by atoms with Crippen molar-refractivity contribution >= 4 is 33.7 Å². The summed E-state index contributed by atoms with van der Waals surface area (Å²) in [6.07, 6.45) is -1.55. The molecule has 9 nitrogen and oxygen atoms in total. The van der Waals surface area contributed by atoms with Gasteiger partial charge < -0.3 is 24.4 Å². The van der Waals surface area contributed by atoms with Gasteiger partial charge >= 0.3 is 6.09 Å². The highest BCUT2D eigenvalue weighted by molar-refractivity contribution is 9.11. The summed E-state index contributed by atoms with van der Waals surface area (Å²) in [5.41, 5.74) is 0. The van der Waals surface area contributed by atoms with Crippen LogP contribution in [0.3, 0.4) is 0 Å². The number of imide groups is 1. The van der Waals surface area contributed by atoms with Crippen molar-refractivity contribution in [3.63, 3.8) is 0 Å². The number of carbonyl (C=O) groups is 3. The molecule has 4 atom stereocenters. The molecule has 0 aliphatic carbocycles. The van der Waals surface area contributed by atoms with Crippen LogP contribution in [0.2, 0.25) is 0 Å². The Morgan fingerprint density at radius 1 is 1.43 bits per heavy atom. The zero-order valence-corrected chi connectivity index (χ0v) is 17.7. The quantitative estimate of drug-likeness (QED) is 0.513. The summed E-state index contributed by atoms with van der Waals surface area (Å²) >= 11 is 3.14. The number of hydrogen-bond acceptors (Lipinski definition) is 8. The van der Waals surface area contributed by atoms with Gasteiger partial charge in [-0.25, -0.2) is 9.69 Å². The van der Waals surface area contributed by atoms with Gasteiger partial charge in [-0.3, -0.25) is 9.59 Å². The van der Waals surface area contributed by atoms with Gasteiger partial charge in [0.05, 0.1) is 10.5 Å². The Kier molecular flexibility index (Phi) is 7.74. The largest absolute Gasteiger partial charge is 0.447 e. The lowest BCUT2D eigenvalue weighted by Crippen LogP contribution is -2.56. The van der Waals surface area contributed by atoms with Crippen LogP contribution in [-0.2, 0) is 23.8 Å². The van der Waals surface area contributed by atoms with E-state index in [0.29, 0.717) is 12.8 Å². The van der Waals surface area contributed by atoms with Crippen LogP contribution in [-0.4, -0.2) is 77.3 Å². The fourth-order valence-electron chi connectivity index (χ4n) is 3.18. The van der Waals surface area contributed by atoms with E-state index in [2.05, 4.69) is 15.9 Å². The molecule has 2 N–H and O–H groups in total. The molecule has 1 fully saturated rings. The van der Waals surface area contributed by atoms with Crippen molar-refractivity contribution in [2.45, 2.75) is 57.1 Å². The molecule has 0 aromatic rings. The molecular weight excluding hydrogens is 438 g/mol. The van der Waals surface area contributed by atoms with Gasteiger partial charge in [-0.1, -0.05) is 13.8 Å². The van der Waals surface area contributed by atoms with Gasteiger partial charge in [0.2, 0.25) is 0 Å². The van der Waals surface area contributed by atoms with Crippen LogP contribution in [0.1, 0.15) is 33.1 Å². The number of aliphatic hydroxyl groups excluding tert-OH is 1. The standard InChI is InChI=1S/C18H26BrNO8/c1-10(2)11-9-27-17(24)20(11)16(23)15(26-3)14-12(22)8-13(19)18(25,28-14)6-4-5-7-21/h8,10-11,14-15,21,25H,4-7,9H2,1-3H3/t11-,14+,15+,18-/m1/s1. The lowest BCUT2D eigenvalue weighted by Gasteiger charge is -2.38. The number of unbranched alkanes of at least 4 members (excludes halogenated alkanes) is 1. The number of hydrogen-bond donors (Lipinski definition) is 2. The van der Waals surface area contributed by atoms with Gasteiger partial charge in [-0.05, 0) is 40.8 Å². The zero-order chi connectivity index (χ0) is 21.1. The van der Waals surface area contributed by atoms with Crippen molar-refractivity contribution in [2.24, 2.45) is 5.92 Å². The fraction of sp³-hybridized carbons (Fsp3) is 0.722. The number of aliphatic hydroxyl groups is 2. The minimum atomic E-state index is -1.84. The average Bonchev–Trinajstić information content (AvgIpc) is 3.02. The molecule has 2 rings (SSSR count). The van der Waals surface area contributed by atoms with Crippen molar-refractivity contribution in [3.8, 4) is 0 Å². The summed E-state index contributed by atoms with van der Waals surface area (Å²) < 4.78 is 15.9. The Bertz CT molecular complexity index is 651. The van der Waals surface area contributed by atoms with Crippen molar-refractivity contribution in [2.75, 3.05) is 20.3 Å². The maximum absolute atomic E-state index is 13.0. The fourth-order valence-corrected chi connectivity index (χ4v) is 3.70. The van der Waals surface area contributed by atoms with E-state index in [1.165, 1.54) is 7.11 Å². The van der Waals surface area contributed by atoms with Crippen LogP contribution >= 0.6 is 15.9 Å². The summed E-state index contributed by atoms with van der Waals surface area (Å²) in [6, 6.07) is -0.484. The van der Waals surface area contributed by atoms with E-state index in [4.69, 9.17) is 19.3 Å². The molecule has 0 saturated carbocycles. The first-order chi connectivity index (χ1) is 13.2. The molecule has 2 heterocycles. The highest BCUT2D eigenvalue weighted by atomic mass is 79.9. The second-order valence-electron chi connectivity index (χ2n) is 7.15. The number of ketones is 1. The Morgan fingerprint density at radius 2 is 2.11 bits per heavy atom. The third kappa shape index (κ3) is 4.62. The Morgan fingerprint density at radius 3 is 2.68 bits per heavy atom. The summed E-state index contributed by atoms with van der Waals surface area (Å²) in [5, 5.41) is 19.7. The summed E-state index contributed by atoms with van der Waals surface area (Å²) in [4.78, 5) is 38.5. The number of cyclic esters (lactones) is 1. The number of nitrogens with zero attached hydrogens (tertiary/aromatic N) is 1. The molecule has 0 radical (unpaired) electrons. The van der Waals surface area contributed by atoms with Gasteiger partial charge in [-0.15, -0.1) is 0 Å². The minimum Gasteiger partial charge on any atom is -0.447 e. The molecule has 28 heavy (non-hydrogen) atoms. The molecule has 1 saturated heterocycles. The molecule has 0 unspecified atom stereocenters. The van der Waals surface area contributed by atoms with Gasteiger partial charge in [0.1, 0.15) is 6.61 Å². The second kappa shape index (κ2) is 9.45. The van der Waals surface area contributed by atoms with E-state index in [-0.39, 0.29) is 30.0 Å². The zero-order valence-electron chi connectivity index (χ0n) is 16.1. The third-order valence-electron chi connectivity index (χ3n) is 4.85. The van der Waals surface area contributed by atoms with Crippen LogP contribution in [0.5, 0.6) is 0 Å². The lowest BCUT2D eigenvalue weighted by atomic mass is 9.98. The van der Waals surface area contributed by atoms with Crippen LogP contribution < -0.4 is 0 Å². The average molecular weight is 464 g/mol. The van der Waals surface area contributed by atoms with Crippen molar-refractivity contribution in [3.05, 3.63) is 10.6 Å². The molecule has 158 valence electrons. The highest BCUT2D eigenvalue weighted by Gasteiger charge is 2.50. The summed E-state index contributed by atoms with van der Waals surface area (Å²) in [6.45, 7) is 3.70. The number of methoxy groups -OCH3 is 1. The molecule has 2 aliphatic rings. The van der Waals surface area contributed by atoms with Crippen molar-refractivity contribution < 1.29 is 38.8 Å². The van der Waals surface area contributed by atoms with E-state index in [1.807, 2.05) is 13.8 Å². The number of amides is 2. The molecule has 10 heteroatoms. The molecule has 0 spiro atoms. The minimum absolute atomic E-state index is 0.0490. The van der Waals surface area contributed by atoms with Gasteiger partial charge in [-0.2, -0.15) is 0 Å². The van der Waals surface area contributed by atoms with Gasteiger partial charge in [0.25, 0.3) is 5.91 Å². The van der Waals surface area contributed by atoms with E-state index in [9.17, 15) is 19.5 Å². The SMILES string of the molecule is CO[C@H](C(=O)N1C(=O)OC[C@@H]1C(C)C)[C@H]1O[C@](O)(CCCCO)C(Br)=CC1=O. The van der Waals surface area contributed by atoms with Crippen LogP contribution in [0, 0.1) is 5.92 Å². The number of carbonyl (C=O) groups excluding carboxylic acids is 3. The molecule has 0 aromatic heterocycles. The van der Waals surface area contributed by atoms with Crippen LogP contribution in [0.15, 0.2) is 10.6 Å². The normalized spacial score (nSPS) is 29.1. The van der Waals surface area contributed by atoms with Crippen molar-refractivity contribution in [1.29, 1.82) is 0 Å². The first kappa shape index (κ1) is 23.0. The van der Waals surface area contributed by atoms with Crippen molar-refractivity contribution in [1.82, 2.24) is 4.90 Å². The van der Waals surface area contributed by atoms with Crippen LogP contribution in [0.4, 0.5) is 4.79 Å².